The molecule has 14 heavy (non-hydrogen) atoms. The Bertz CT molecular complexity index is 173. The summed E-state index contributed by atoms with van der Waals surface area (Å²) in [6, 6.07) is 0. The van der Waals surface area contributed by atoms with E-state index in [0.29, 0.717) is 0 Å². The van der Waals surface area contributed by atoms with Crippen LogP contribution in [-0.4, -0.2) is 18.6 Å². The van der Waals surface area contributed by atoms with Crippen molar-refractivity contribution in [1.82, 2.24) is 0 Å². The van der Waals surface area contributed by atoms with E-state index >= 15 is 0 Å². The van der Waals surface area contributed by atoms with Gasteiger partial charge in [-0.1, -0.05) is 20.8 Å². The van der Waals surface area contributed by atoms with E-state index in [2.05, 4.69) is 29.3 Å². The van der Waals surface area contributed by atoms with Crippen LogP contribution in [0.1, 0.15) is 48.0 Å². The molecule has 0 N–H and O–H groups in total. The third-order valence-electron chi connectivity index (χ3n) is 1.05. The summed E-state index contributed by atoms with van der Waals surface area (Å²) in [5.41, 5.74) is 1.13. The van der Waals surface area contributed by atoms with Crippen LogP contribution in [0.5, 0.6) is 0 Å². The summed E-state index contributed by atoms with van der Waals surface area (Å²) < 4.78 is 0. The third kappa shape index (κ3) is 30.7. The first-order valence-electron chi connectivity index (χ1n) is 5.11. The van der Waals surface area contributed by atoms with E-state index in [1.807, 2.05) is 27.7 Å². The first kappa shape index (κ1) is 18.6. The van der Waals surface area contributed by atoms with Gasteiger partial charge in [-0.05, 0) is 27.2 Å². The lowest BCUT2D eigenvalue weighted by Gasteiger charge is -1.86. The molecule has 0 aromatic carbocycles. The number of nitrogens with zero attached hydrogens (tertiary/aromatic N) is 2. The lowest BCUT2D eigenvalue weighted by atomic mass is 10.3. The monoisotopic (exact) mass is 196 g/mol. The Morgan fingerprint density at radius 2 is 1.79 bits per heavy atom. The van der Waals surface area contributed by atoms with Crippen molar-refractivity contribution >= 4 is 12.1 Å². The molecule has 0 aromatic rings. The summed E-state index contributed by atoms with van der Waals surface area (Å²) >= 11 is 0. The van der Waals surface area contributed by atoms with Gasteiger partial charge in [-0.25, -0.2) is 4.99 Å². The van der Waals surface area contributed by atoms with Crippen LogP contribution in [0.2, 0.25) is 0 Å². The topological polar surface area (TPSA) is 24.7 Å². The number of hydrogen-bond acceptors (Lipinski definition) is 1. The molecule has 0 aliphatic heterocycles. The van der Waals surface area contributed by atoms with Crippen molar-refractivity contribution in [2.45, 2.75) is 48.0 Å². The standard InChI is InChI=1S/C7H14N2.C3H4.C2H6/c1-4-7(3)9-6-8-5-2;1-3-2;1-2/h6H,4-5H2,1-3H3;1H,2H3;1-2H3. The van der Waals surface area contributed by atoms with Crippen molar-refractivity contribution in [3.63, 3.8) is 0 Å². The highest BCUT2D eigenvalue weighted by Crippen LogP contribution is 1.80. The lowest BCUT2D eigenvalue weighted by Crippen LogP contribution is -1.86. The van der Waals surface area contributed by atoms with Gasteiger partial charge >= 0.3 is 0 Å². The molecule has 0 fully saturated rings. The lowest BCUT2D eigenvalue weighted by molar-refractivity contribution is 1.13. The van der Waals surface area contributed by atoms with E-state index in [4.69, 9.17) is 0 Å². The van der Waals surface area contributed by atoms with Gasteiger partial charge < -0.3 is 0 Å². The zero-order valence-electron chi connectivity index (χ0n) is 10.5. The van der Waals surface area contributed by atoms with Crippen LogP contribution in [0.25, 0.3) is 0 Å². The molecule has 0 radical (unpaired) electrons. The SMILES string of the molecule is C#CC.CC.CCN=CN=C(C)CC. The van der Waals surface area contributed by atoms with Crippen LogP contribution < -0.4 is 0 Å². The fraction of sp³-hybridized carbons (Fsp3) is 0.667. The highest BCUT2D eigenvalue weighted by Gasteiger charge is 1.78. The molecule has 0 aromatic heterocycles. The van der Waals surface area contributed by atoms with E-state index < -0.39 is 0 Å². The van der Waals surface area contributed by atoms with Crippen molar-refractivity contribution in [3.8, 4) is 12.3 Å². The predicted octanol–water partition coefficient (Wildman–Crippen LogP) is 3.57. The molecular weight excluding hydrogens is 172 g/mol. The first-order chi connectivity index (χ1) is 6.72. The molecular formula is C12H24N2. The zero-order valence-corrected chi connectivity index (χ0v) is 10.5. The van der Waals surface area contributed by atoms with Gasteiger partial charge in [0.1, 0.15) is 6.34 Å². The number of aliphatic imine (C=N–C) groups is 2. The fourth-order valence-corrected chi connectivity index (χ4v) is 0.312. The van der Waals surface area contributed by atoms with Crippen LogP contribution in [0.4, 0.5) is 0 Å². The van der Waals surface area contributed by atoms with Gasteiger partial charge in [0.05, 0.1) is 0 Å². The van der Waals surface area contributed by atoms with Crippen LogP contribution in [0.3, 0.4) is 0 Å². The molecule has 82 valence electrons. The second-order valence-corrected chi connectivity index (χ2v) is 2.12. The van der Waals surface area contributed by atoms with Crippen molar-refractivity contribution in [1.29, 1.82) is 0 Å². The fourth-order valence-electron chi connectivity index (χ4n) is 0.312. The van der Waals surface area contributed by atoms with Gasteiger partial charge in [0.15, 0.2) is 0 Å². The Morgan fingerprint density at radius 1 is 1.36 bits per heavy atom. The van der Waals surface area contributed by atoms with Crippen molar-refractivity contribution in [2.75, 3.05) is 6.54 Å². The molecule has 0 saturated heterocycles. The second kappa shape index (κ2) is 22.7. The maximum absolute atomic E-state index is 4.60. The molecule has 0 atom stereocenters. The average Bonchev–Trinajstić information content (AvgIpc) is 2.22. The molecule has 0 amide bonds. The number of rotatable bonds is 3. The summed E-state index contributed by atoms with van der Waals surface area (Å²) in [7, 11) is 0. The average molecular weight is 196 g/mol. The minimum absolute atomic E-state index is 0.820. The zero-order chi connectivity index (χ0) is 11.8. The van der Waals surface area contributed by atoms with Gasteiger partial charge in [-0.3, -0.25) is 4.99 Å². The third-order valence-corrected chi connectivity index (χ3v) is 1.05. The van der Waals surface area contributed by atoms with Gasteiger partial charge in [-0.2, -0.15) is 0 Å². The van der Waals surface area contributed by atoms with E-state index in [1.165, 1.54) is 0 Å². The van der Waals surface area contributed by atoms with Crippen molar-refractivity contribution in [3.05, 3.63) is 0 Å². The van der Waals surface area contributed by atoms with Gasteiger partial charge in [-0.15, -0.1) is 12.3 Å². The Labute approximate surface area is 89.6 Å². The molecule has 0 saturated carbocycles. The van der Waals surface area contributed by atoms with Crippen LogP contribution in [0, 0.1) is 12.3 Å². The smallest absolute Gasteiger partial charge is 0.109 e. The van der Waals surface area contributed by atoms with Gasteiger partial charge in [0.2, 0.25) is 0 Å². The molecule has 2 nitrogen and oxygen atoms in total. The number of hydrogen-bond donors (Lipinski definition) is 0. The van der Waals surface area contributed by atoms with Gasteiger partial charge in [0.25, 0.3) is 0 Å². The van der Waals surface area contributed by atoms with Crippen LogP contribution in [0.15, 0.2) is 9.98 Å². The minimum atomic E-state index is 0.820. The molecule has 0 spiro atoms. The minimum Gasteiger partial charge on any atom is -0.274 e. The summed E-state index contributed by atoms with van der Waals surface area (Å²) in [6.45, 7) is 12.5. The van der Waals surface area contributed by atoms with Crippen LogP contribution in [-0.2, 0) is 0 Å². The Morgan fingerprint density at radius 3 is 2.07 bits per heavy atom. The highest BCUT2D eigenvalue weighted by molar-refractivity contribution is 5.88. The van der Waals surface area contributed by atoms with Crippen molar-refractivity contribution in [2.24, 2.45) is 9.98 Å². The molecule has 0 aliphatic rings. The molecule has 0 aliphatic carbocycles. The van der Waals surface area contributed by atoms with E-state index in [0.717, 1.165) is 18.7 Å². The Hall–Kier alpha value is -1.10. The summed E-state index contributed by atoms with van der Waals surface area (Å²) in [4.78, 5) is 8.00. The van der Waals surface area contributed by atoms with E-state index in [-0.39, 0.29) is 0 Å². The Kier molecular flexibility index (Phi) is 30.2. The van der Waals surface area contributed by atoms with Gasteiger partial charge in [0, 0.05) is 12.3 Å². The largest absolute Gasteiger partial charge is 0.274 e. The molecule has 0 unspecified atom stereocenters. The van der Waals surface area contributed by atoms with E-state index in [9.17, 15) is 0 Å². The molecule has 0 heterocycles. The molecule has 2 heteroatoms. The first-order valence-corrected chi connectivity index (χ1v) is 5.11. The second-order valence-electron chi connectivity index (χ2n) is 2.12. The summed E-state index contributed by atoms with van der Waals surface area (Å²) in [5.74, 6) is 2.25. The highest BCUT2D eigenvalue weighted by atomic mass is 14.8. The van der Waals surface area contributed by atoms with Crippen molar-refractivity contribution < 1.29 is 0 Å². The summed E-state index contributed by atoms with van der Waals surface area (Å²) in [5, 5.41) is 0. The maximum Gasteiger partial charge on any atom is 0.109 e. The molecule has 0 rings (SSSR count). The Balaban J connectivity index is -0.000000205. The summed E-state index contributed by atoms with van der Waals surface area (Å²) in [6.07, 6.45) is 7.23. The predicted molar refractivity (Wildman–Crippen MR) is 68.3 cm³/mol. The quantitative estimate of drug-likeness (QED) is 0.374. The van der Waals surface area contributed by atoms with E-state index in [1.54, 1.807) is 13.3 Å². The number of terminal acetylenes is 1. The normalized spacial score (nSPS) is 9.36. The maximum atomic E-state index is 4.60. The molecule has 0 bridgehead atoms. The van der Waals surface area contributed by atoms with Crippen LogP contribution >= 0.6 is 0 Å².